The van der Waals surface area contributed by atoms with Crippen LogP contribution in [0.3, 0.4) is 0 Å². The summed E-state index contributed by atoms with van der Waals surface area (Å²) in [6.07, 6.45) is 54.1. The SMILES string of the molecule is CCCCCCCCCCCCCC[P+](CCCCCC)(CCCCCC)CCCCCCCCCCCCCC.[Cl-]. The average Bonchev–Trinajstić information content (AvgIpc) is 2.98. The Kier molecular flexibility index (Phi) is 40.5. The van der Waals surface area contributed by atoms with Crippen molar-refractivity contribution in [2.75, 3.05) is 24.6 Å². The number of hydrogen-bond acceptors (Lipinski definition) is 0. The number of halogens is 1. The Balaban J connectivity index is 0. The third kappa shape index (κ3) is 32.1. The van der Waals surface area contributed by atoms with Gasteiger partial charge in [-0.15, -0.1) is 0 Å². The van der Waals surface area contributed by atoms with E-state index in [1.807, 2.05) is 0 Å². The van der Waals surface area contributed by atoms with Gasteiger partial charge in [0, 0.05) is 7.26 Å². The molecule has 42 heavy (non-hydrogen) atoms. The standard InChI is InChI=1S/C40H84P.ClH/c1-5-9-13-17-19-21-23-25-27-29-31-35-39-41(37-33-15-11-7-3,38-34-16-12-8-4)40-36-32-30-28-26-24-22-20-18-14-10-6-2;/h5-40H2,1-4H3;1H/q+1;/p-1. The first-order chi connectivity index (χ1) is 20.2. The topological polar surface area (TPSA) is 0 Å². The van der Waals surface area contributed by atoms with E-state index in [2.05, 4.69) is 27.7 Å². The van der Waals surface area contributed by atoms with Crippen LogP contribution in [-0.2, 0) is 0 Å². The maximum absolute atomic E-state index is 2.38. The zero-order valence-electron chi connectivity index (χ0n) is 30.3. The van der Waals surface area contributed by atoms with Gasteiger partial charge in [-0.2, -0.15) is 0 Å². The average molecular weight is 632 g/mol. The highest BCUT2D eigenvalue weighted by Gasteiger charge is 2.34. The Morgan fingerprint density at radius 1 is 0.214 bits per heavy atom. The van der Waals surface area contributed by atoms with Crippen LogP contribution in [0.5, 0.6) is 0 Å². The molecule has 0 unspecified atom stereocenters. The van der Waals surface area contributed by atoms with Crippen molar-refractivity contribution < 1.29 is 12.4 Å². The zero-order chi connectivity index (χ0) is 30.0. The number of rotatable bonds is 36. The molecule has 0 atom stereocenters. The molecule has 2 heteroatoms. The van der Waals surface area contributed by atoms with Crippen molar-refractivity contribution in [3.05, 3.63) is 0 Å². The first-order valence-electron chi connectivity index (χ1n) is 20.1. The first-order valence-corrected chi connectivity index (χ1v) is 22.6. The van der Waals surface area contributed by atoms with Crippen LogP contribution in [-0.4, -0.2) is 24.6 Å². The van der Waals surface area contributed by atoms with Gasteiger partial charge in [0.05, 0.1) is 24.6 Å². The molecular formula is C40H84ClP. The highest BCUT2D eigenvalue weighted by Crippen LogP contribution is 2.61. The fourth-order valence-corrected chi connectivity index (χ4v) is 11.9. The molecule has 0 aromatic heterocycles. The third-order valence-corrected chi connectivity index (χ3v) is 15.0. The van der Waals surface area contributed by atoms with Crippen LogP contribution in [0.25, 0.3) is 0 Å². The number of hydrogen-bond donors (Lipinski definition) is 0. The van der Waals surface area contributed by atoms with Crippen LogP contribution in [0.4, 0.5) is 0 Å². The molecule has 0 aliphatic rings. The van der Waals surface area contributed by atoms with Crippen LogP contribution < -0.4 is 12.4 Å². The summed E-state index contributed by atoms with van der Waals surface area (Å²) in [7, 11) is -0.736. The second-order valence-electron chi connectivity index (χ2n) is 14.1. The highest BCUT2D eigenvalue weighted by molar-refractivity contribution is 7.75. The molecule has 0 aliphatic heterocycles. The van der Waals surface area contributed by atoms with Crippen LogP contribution in [0, 0.1) is 0 Å². The second-order valence-corrected chi connectivity index (χ2v) is 18.6. The highest BCUT2D eigenvalue weighted by atomic mass is 35.5. The van der Waals surface area contributed by atoms with Gasteiger partial charge in [-0.25, -0.2) is 0 Å². The molecule has 0 aliphatic carbocycles. The molecule has 0 rings (SSSR count). The Morgan fingerprint density at radius 2 is 0.357 bits per heavy atom. The lowest BCUT2D eigenvalue weighted by Crippen LogP contribution is -3.00. The van der Waals surface area contributed by atoms with E-state index < -0.39 is 7.26 Å². The van der Waals surface area contributed by atoms with E-state index in [9.17, 15) is 0 Å². The molecule has 0 saturated heterocycles. The molecular weight excluding hydrogens is 547 g/mol. The zero-order valence-corrected chi connectivity index (χ0v) is 31.9. The van der Waals surface area contributed by atoms with E-state index in [4.69, 9.17) is 0 Å². The van der Waals surface area contributed by atoms with E-state index in [1.54, 1.807) is 50.3 Å². The lowest BCUT2D eigenvalue weighted by molar-refractivity contribution is -0.00000930. The van der Waals surface area contributed by atoms with E-state index in [0.717, 1.165) is 0 Å². The Morgan fingerprint density at radius 3 is 0.548 bits per heavy atom. The lowest BCUT2D eigenvalue weighted by Gasteiger charge is -2.28. The summed E-state index contributed by atoms with van der Waals surface area (Å²) in [5, 5.41) is 0. The number of unbranched alkanes of at least 4 members (excludes halogenated alkanes) is 28. The van der Waals surface area contributed by atoms with Gasteiger partial charge in [-0.3, -0.25) is 0 Å². The van der Waals surface area contributed by atoms with E-state index in [-0.39, 0.29) is 12.4 Å². The Bertz CT molecular complexity index is 423. The van der Waals surface area contributed by atoms with Crippen LogP contribution in [0.15, 0.2) is 0 Å². The lowest BCUT2D eigenvalue weighted by atomic mass is 10.1. The summed E-state index contributed by atoms with van der Waals surface area (Å²) in [6, 6.07) is 0. The molecule has 0 saturated carbocycles. The summed E-state index contributed by atoms with van der Waals surface area (Å²) in [5.74, 6) is 0. The Labute approximate surface area is 276 Å². The van der Waals surface area contributed by atoms with Crippen LogP contribution in [0.2, 0.25) is 0 Å². The van der Waals surface area contributed by atoms with Crippen molar-refractivity contribution in [2.45, 2.75) is 233 Å². The van der Waals surface area contributed by atoms with Gasteiger partial charge >= 0.3 is 0 Å². The summed E-state index contributed by atoms with van der Waals surface area (Å²) in [6.45, 7) is 9.41. The predicted molar refractivity (Wildman–Crippen MR) is 197 cm³/mol. The minimum Gasteiger partial charge on any atom is -1.00 e. The van der Waals surface area contributed by atoms with Gasteiger partial charge in [0.25, 0.3) is 0 Å². The molecule has 0 nitrogen and oxygen atoms in total. The van der Waals surface area contributed by atoms with E-state index in [1.165, 1.54) is 180 Å². The summed E-state index contributed by atoms with van der Waals surface area (Å²) >= 11 is 0. The molecule has 0 aromatic rings. The molecule has 0 N–H and O–H groups in total. The molecule has 0 radical (unpaired) electrons. The van der Waals surface area contributed by atoms with Gasteiger partial charge in [0.1, 0.15) is 0 Å². The summed E-state index contributed by atoms with van der Waals surface area (Å²) in [5.41, 5.74) is 0. The van der Waals surface area contributed by atoms with Gasteiger partial charge in [-0.1, -0.05) is 182 Å². The summed E-state index contributed by atoms with van der Waals surface area (Å²) in [4.78, 5) is 0. The monoisotopic (exact) mass is 631 g/mol. The quantitative estimate of drug-likeness (QED) is 0.0477. The minimum atomic E-state index is -0.736. The molecule has 0 aromatic carbocycles. The van der Waals surface area contributed by atoms with E-state index >= 15 is 0 Å². The summed E-state index contributed by atoms with van der Waals surface area (Å²) < 4.78 is 0. The Hall–Kier alpha value is 0.720. The van der Waals surface area contributed by atoms with Crippen molar-refractivity contribution in [1.82, 2.24) is 0 Å². The molecule has 0 spiro atoms. The fraction of sp³-hybridized carbons (Fsp3) is 1.00. The smallest absolute Gasteiger partial charge is 0.0594 e. The van der Waals surface area contributed by atoms with Crippen molar-refractivity contribution >= 4 is 7.26 Å². The predicted octanol–water partition coefficient (Wildman–Crippen LogP) is 12.6. The normalized spacial score (nSPS) is 11.7. The molecule has 256 valence electrons. The van der Waals surface area contributed by atoms with Crippen molar-refractivity contribution in [3.8, 4) is 0 Å². The molecule has 0 fully saturated rings. The largest absolute Gasteiger partial charge is 1.00 e. The molecule has 0 bridgehead atoms. The second kappa shape index (κ2) is 37.9. The van der Waals surface area contributed by atoms with Gasteiger partial charge < -0.3 is 12.4 Å². The third-order valence-electron chi connectivity index (χ3n) is 9.94. The molecule has 0 heterocycles. The van der Waals surface area contributed by atoms with Crippen LogP contribution in [0.1, 0.15) is 233 Å². The van der Waals surface area contributed by atoms with Crippen molar-refractivity contribution in [1.29, 1.82) is 0 Å². The maximum atomic E-state index is 2.38. The van der Waals surface area contributed by atoms with Crippen LogP contribution >= 0.6 is 7.26 Å². The minimum absolute atomic E-state index is 0. The van der Waals surface area contributed by atoms with Gasteiger partial charge in [0.15, 0.2) is 0 Å². The maximum Gasteiger partial charge on any atom is 0.0594 e. The fourth-order valence-electron chi connectivity index (χ4n) is 7.00. The van der Waals surface area contributed by atoms with Crippen molar-refractivity contribution in [2.24, 2.45) is 0 Å². The van der Waals surface area contributed by atoms with Crippen molar-refractivity contribution in [3.63, 3.8) is 0 Å². The van der Waals surface area contributed by atoms with E-state index in [0.29, 0.717) is 0 Å². The van der Waals surface area contributed by atoms with Gasteiger partial charge in [0.2, 0.25) is 0 Å². The first kappa shape index (κ1) is 44.8. The van der Waals surface area contributed by atoms with Gasteiger partial charge in [-0.05, 0) is 51.4 Å². The molecule has 0 amide bonds.